The molecule has 1 atom stereocenters. The van der Waals surface area contributed by atoms with E-state index in [2.05, 4.69) is 10.4 Å². The number of nitrogens with zero attached hydrogens (tertiary/aromatic N) is 3. The number of nitrogens with one attached hydrogen (secondary N) is 1. The van der Waals surface area contributed by atoms with Crippen LogP contribution < -0.4 is 16.6 Å². The number of hydrogen-bond donors (Lipinski definition) is 1. The molecule has 0 radical (unpaired) electrons. The lowest BCUT2D eigenvalue weighted by Gasteiger charge is -2.22. The van der Waals surface area contributed by atoms with Gasteiger partial charge in [-0.1, -0.05) is 0 Å². The highest BCUT2D eigenvalue weighted by Crippen LogP contribution is 2.13. The van der Waals surface area contributed by atoms with Crippen LogP contribution in [0.1, 0.15) is 12.8 Å². The molecule has 1 saturated heterocycles. The Morgan fingerprint density at radius 3 is 2.89 bits per heavy atom. The van der Waals surface area contributed by atoms with Crippen molar-refractivity contribution in [2.24, 2.45) is 20.0 Å². The van der Waals surface area contributed by atoms with Crippen molar-refractivity contribution in [2.45, 2.75) is 12.8 Å². The third kappa shape index (κ3) is 2.61. The first-order valence-electron chi connectivity index (χ1n) is 6.05. The summed E-state index contributed by atoms with van der Waals surface area (Å²) in [5, 5.41) is 6.94. The summed E-state index contributed by atoms with van der Waals surface area (Å²) in [6, 6.07) is 0. The molecule has 0 aromatic carbocycles. The van der Waals surface area contributed by atoms with E-state index in [1.807, 2.05) is 0 Å². The van der Waals surface area contributed by atoms with Crippen LogP contribution in [0.4, 0.5) is 5.82 Å². The average molecular weight is 254 g/mol. The number of anilines is 1. The number of aryl methyl sites for hydroxylation is 1. The van der Waals surface area contributed by atoms with Crippen molar-refractivity contribution in [3.05, 3.63) is 20.8 Å². The quantitative estimate of drug-likeness (QED) is 0.773. The van der Waals surface area contributed by atoms with Crippen molar-refractivity contribution in [3.63, 3.8) is 0 Å². The predicted octanol–water partition coefficient (Wildman–Crippen LogP) is -0.682. The molecule has 2 rings (SSSR count). The fourth-order valence-corrected chi connectivity index (χ4v) is 2.02. The predicted molar refractivity (Wildman–Crippen MR) is 66.8 cm³/mol. The Morgan fingerprint density at radius 2 is 2.22 bits per heavy atom. The molecule has 1 unspecified atom stereocenters. The van der Waals surface area contributed by atoms with Crippen LogP contribution in [0.5, 0.6) is 0 Å². The summed E-state index contributed by atoms with van der Waals surface area (Å²) in [5.74, 6) is 0.604. The van der Waals surface area contributed by atoms with E-state index in [0.717, 1.165) is 28.7 Å². The topological polar surface area (TPSA) is 78.2 Å². The van der Waals surface area contributed by atoms with Crippen molar-refractivity contribution >= 4 is 5.82 Å². The molecule has 7 nitrogen and oxygen atoms in total. The Hall–Kier alpha value is -1.63. The first-order chi connectivity index (χ1) is 8.59. The van der Waals surface area contributed by atoms with Gasteiger partial charge >= 0.3 is 5.69 Å². The molecule has 2 heterocycles. The Bertz CT molecular complexity index is 528. The Kier molecular flexibility index (Phi) is 3.81. The lowest BCUT2D eigenvalue weighted by atomic mass is 10.0. The van der Waals surface area contributed by atoms with Crippen LogP contribution in [-0.2, 0) is 18.8 Å². The van der Waals surface area contributed by atoms with Gasteiger partial charge in [0.1, 0.15) is 0 Å². The summed E-state index contributed by atoms with van der Waals surface area (Å²) in [5.41, 5.74) is -0.818. The molecular weight excluding hydrogens is 236 g/mol. The van der Waals surface area contributed by atoms with Crippen LogP contribution in [0, 0.1) is 5.92 Å². The van der Waals surface area contributed by atoms with Gasteiger partial charge in [-0.2, -0.15) is 0 Å². The highest BCUT2D eigenvalue weighted by atomic mass is 16.5. The molecule has 0 aliphatic carbocycles. The highest BCUT2D eigenvalue weighted by molar-refractivity contribution is 5.29. The number of hydrogen-bond acceptors (Lipinski definition) is 5. The minimum Gasteiger partial charge on any atom is -0.381 e. The van der Waals surface area contributed by atoms with Gasteiger partial charge in [0.05, 0.1) is 6.61 Å². The molecule has 100 valence electrons. The van der Waals surface area contributed by atoms with Gasteiger partial charge in [0.2, 0.25) is 5.82 Å². The molecule has 0 bridgehead atoms. The van der Waals surface area contributed by atoms with E-state index in [4.69, 9.17) is 4.74 Å². The molecule has 18 heavy (non-hydrogen) atoms. The zero-order valence-corrected chi connectivity index (χ0v) is 10.7. The average Bonchev–Trinajstić information content (AvgIpc) is 2.40. The van der Waals surface area contributed by atoms with Gasteiger partial charge in [0.25, 0.3) is 5.56 Å². The zero-order chi connectivity index (χ0) is 13.1. The van der Waals surface area contributed by atoms with Crippen molar-refractivity contribution in [1.82, 2.24) is 14.3 Å². The van der Waals surface area contributed by atoms with E-state index in [-0.39, 0.29) is 5.82 Å². The van der Waals surface area contributed by atoms with Crippen LogP contribution in [0.2, 0.25) is 0 Å². The minimum atomic E-state index is -0.424. The van der Waals surface area contributed by atoms with Gasteiger partial charge < -0.3 is 10.1 Å². The first-order valence-corrected chi connectivity index (χ1v) is 6.05. The van der Waals surface area contributed by atoms with Crippen molar-refractivity contribution < 1.29 is 4.74 Å². The van der Waals surface area contributed by atoms with E-state index in [1.54, 1.807) is 0 Å². The van der Waals surface area contributed by atoms with Crippen LogP contribution in [0.3, 0.4) is 0 Å². The zero-order valence-electron chi connectivity index (χ0n) is 10.7. The Balaban J connectivity index is 2.10. The highest BCUT2D eigenvalue weighted by Gasteiger charge is 2.15. The van der Waals surface area contributed by atoms with Gasteiger partial charge in [0, 0.05) is 27.2 Å². The fourth-order valence-electron chi connectivity index (χ4n) is 2.02. The van der Waals surface area contributed by atoms with Crippen molar-refractivity contribution in [2.75, 3.05) is 25.1 Å². The van der Waals surface area contributed by atoms with Crippen LogP contribution in [-0.4, -0.2) is 34.1 Å². The number of rotatable bonds is 3. The van der Waals surface area contributed by atoms with Crippen molar-refractivity contribution in [1.29, 1.82) is 0 Å². The molecule has 1 fully saturated rings. The second kappa shape index (κ2) is 5.34. The van der Waals surface area contributed by atoms with Crippen LogP contribution >= 0.6 is 0 Å². The standard InChI is InChI=1S/C11H18N4O3/c1-14-10(16)9(13-15(2)11(14)17)12-6-8-4-3-5-18-7-8/h8H,3-7H2,1-2H3,(H,12,13). The summed E-state index contributed by atoms with van der Waals surface area (Å²) in [6.45, 7) is 2.16. The third-order valence-electron chi connectivity index (χ3n) is 3.13. The lowest BCUT2D eigenvalue weighted by Crippen LogP contribution is -2.40. The maximum Gasteiger partial charge on any atom is 0.346 e. The molecule has 1 aliphatic heterocycles. The summed E-state index contributed by atoms with van der Waals surface area (Å²) >= 11 is 0. The monoisotopic (exact) mass is 254 g/mol. The summed E-state index contributed by atoms with van der Waals surface area (Å²) < 4.78 is 7.57. The second-order valence-corrected chi connectivity index (χ2v) is 4.58. The summed E-state index contributed by atoms with van der Waals surface area (Å²) in [4.78, 5) is 23.3. The van der Waals surface area contributed by atoms with Gasteiger partial charge in [0.15, 0.2) is 0 Å². The van der Waals surface area contributed by atoms with Crippen molar-refractivity contribution in [3.8, 4) is 0 Å². The SMILES string of the molecule is Cn1nc(NCC2CCCOC2)c(=O)n(C)c1=O. The Morgan fingerprint density at radius 1 is 1.44 bits per heavy atom. The van der Waals surface area contributed by atoms with E-state index in [9.17, 15) is 9.59 Å². The minimum absolute atomic E-state index is 0.213. The van der Waals surface area contributed by atoms with Gasteiger partial charge in [-0.05, 0) is 18.8 Å². The summed E-state index contributed by atoms with van der Waals surface area (Å²) in [7, 11) is 2.97. The molecule has 0 saturated carbocycles. The lowest BCUT2D eigenvalue weighted by molar-refractivity contribution is 0.0594. The molecule has 0 spiro atoms. The van der Waals surface area contributed by atoms with Gasteiger partial charge in [-0.3, -0.25) is 9.36 Å². The maximum absolute atomic E-state index is 11.8. The molecule has 1 aromatic rings. The molecule has 1 aromatic heterocycles. The maximum atomic E-state index is 11.8. The molecular formula is C11H18N4O3. The Labute approximate surface area is 104 Å². The van der Waals surface area contributed by atoms with Crippen LogP contribution in [0.25, 0.3) is 0 Å². The first kappa shape index (κ1) is 12.8. The molecule has 0 amide bonds. The molecule has 7 heteroatoms. The van der Waals surface area contributed by atoms with E-state index in [0.29, 0.717) is 19.1 Å². The van der Waals surface area contributed by atoms with Crippen LogP contribution in [0.15, 0.2) is 9.59 Å². The summed E-state index contributed by atoms with van der Waals surface area (Å²) in [6.07, 6.45) is 2.13. The largest absolute Gasteiger partial charge is 0.381 e. The van der Waals surface area contributed by atoms with Gasteiger partial charge in [-0.15, -0.1) is 5.10 Å². The fraction of sp³-hybridized carbons (Fsp3) is 0.727. The molecule has 1 N–H and O–H groups in total. The number of ether oxygens (including phenoxy) is 1. The normalized spacial score (nSPS) is 19.8. The number of aromatic nitrogens is 3. The molecule has 1 aliphatic rings. The van der Waals surface area contributed by atoms with E-state index < -0.39 is 11.2 Å². The second-order valence-electron chi connectivity index (χ2n) is 4.58. The third-order valence-corrected chi connectivity index (χ3v) is 3.13. The van der Waals surface area contributed by atoms with Gasteiger partial charge in [-0.25, -0.2) is 9.48 Å². The smallest absolute Gasteiger partial charge is 0.346 e. The van der Waals surface area contributed by atoms with E-state index in [1.165, 1.54) is 14.1 Å². The van der Waals surface area contributed by atoms with E-state index >= 15 is 0 Å².